The molecule has 0 aromatic heterocycles. The molecule has 0 radical (unpaired) electrons. The van der Waals surface area contributed by atoms with E-state index in [1.165, 1.54) is 5.56 Å². The molecule has 0 saturated carbocycles. The minimum Gasteiger partial charge on any atom is -0.508 e. The summed E-state index contributed by atoms with van der Waals surface area (Å²) < 4.78 is 0. The maximum atomic E-state index is 9.72. The summed E-state index contributed by atoms with van der Waals surface area (Å²) in [5, 5.41) is 13.7. The average molecular weight is 262 g/mol. The summed E-state index contributed by atoms with van der Waals surface area (Å²) in [6, 6.07) is 15.5. The Balaban J connectivity index is 2.01. The van der Waals surface area contributed by atoms with Crippen molar-refractivity contribution >= 4 is 11.6 Å². The first-order valence-electron chi connectivity index (χ1n) is 5.92. The third kappa shape index (κ3) is 3.25. The van der Waals surface area contributed by atoms with Crippen molar-refractivity contribution in [3.63, 3.8) is 0 Å². The van der Waals surface area contributed by atoms with E-state index in [1.807, 2.05) is 18.2 Å². The van der Waals surface area contributed by atoms with E-state index >= 15 is 0 Å². The van der Waals surface area contributed by atoms with Crippen molar-refractivity contribution in [3.8, 4) is 5.75 Å². The quantitative estimate of drug-likeness (QED) is 0.875. The lowest BCUT2D eigenvalue weighted by Gasteiger charge is -2.15. The SMILES string of the molecule is CC(NCc1cc(Cl)ccc1O)c1ccccc1. The van der Waals surface area contributed by atoms with Crippen LogP contribution in [0.25, 0.3) is 0 Å². The fraction of sp³-hybridized carbons (Fsp3) is 0.200. The molecule has 2 rings (SSSR count). The second-order valence-electron chi connectivity index (χ2n) is 4.29. The second-order valence-corrected chi connectivity index (χ2v) is 4.72. The number of phenols is 1. The van der Waals surface area contributed by atoms with E-state index < -0.39 is 0 Å². The van der Waals surface area contributed by atoms with E-state index in [2.05, 4.69) is 24.4 Å². The molecule has 0 heterocycles. The highest BCUT2D eigenvalue weighted by Gasteiger charge is 2.06. The van der Waals surface area contributed by atoms with Gasteiger partial charge in [0.25, 0.3) is 0 Å². The number of aromatic hydroxyl groups is 1. The molecule has 2 aromatic rings. The maximum absolute atomic E-state index is 9.72. The smallest absolute Gasteiger partial charge is 0.120 e. The minimum absolute atomic E-state index is 0.226. The molecule has 0 saturated heterocycles. The van der Waals surface area contributed by atoms with Crippen LogP contribution in [0.1, 0.15) is 24.1 Å². The number of phenolic OH excluding ortho intramolecular Hbond substituents is 1. The fourth-order valence-corrected chi connectivity index (χ4v) is 2.01. The van der Waals surface area contributed by atoms with Gasteiger partial charge in [0.2, 0.25) is 0 Å². The monoisotopic (exact) mass is 261 g/mol. The summed E-state index contributed by atoms with van der Waals surface area (Å²) in [4.78, 5) is 0. The molecule has 1 atom stereocenters. The highest BCUT2D eigenvalue weighted by Crippen LogP contribution is 2.22. The second kappa shape index (κ2) is 5.89. The third-order valence-electron chi connectivity index (χ3n) is 2.94. The van der Waals surface area contributed by atoms with E-state index in [0.29, 0.717) is 11.6 Å². The number of hydrogen-bond donors (Lipinski definition) is 2. The van der Waals surface area contributed by atoms with Crippen LogP contribution in [0.2, 0.25) is 5.02 Å². The highest BCUT2D eigenvalue weighted by atomic mass is 35.5. The Bertz CT molecular complexity index is 513. The Hall–Kier alpha value is -1.51. The molecule has 0 spiro atoms. The van der Waals surface area contributed by atoms with Crippen molar-refractivity contribution in [2.45, 2.75) is 19.5 Å². The summed E-state index contributed by atoms with van der Waals surface area (Å²) in [5.74, 6) is 0.271. The zero-order valence-corrected chi connectivity index (χ0v) is 11.0. The van der Waals surface area contributed by atoms with Gasteiger partial charge >= 0.3 is 0 Å². The molecule has 0 aliphatic carbocycles. The molecule has 0 aliphatic rings. The molecule has 2 N–H and O–H groups in total. The summed E-state index contributed by atoms with van der Waals surface area (Å²) in [5.41, 5.74) is 2.03. The Labute approximate surface area is 112 Å². The van der Waals surface area contributed by atoms with Gasteiger partial charge in [0.1, 0.15) is 5.75 Å². The van der Waals surface area contributed by atoms with Crippen LogP contribution >= 0.6 is 11.6 Å². The lowest BCUT2D eigenvalue weighted by Crippen LogP contribution is -2.18. The van der Waals surface area contributed by atoms with Crippen LogP contribution in [-0.4, -0.2) is 5.11 Å². The van der Waals surface area contributed by atoms with Crippen molar-refractivity contribution in [2.24, 2.45) is 0 Å². The Kier molecular flexibility index (Phi) is 4.24. The van der Waals surface area contributed by atoms with Gasteiger partial charge in [0, 0.05) is 23.2 Å². The molecule has 3 heteroatoms. The fourth-order valence-electron chi connectivity index (χ4n) is 1.82. The van der Waals surface area contributed by atoms with Gasteiger partial charge < -0.3 is 10.4 Å². The van der Waals surface area contributed by atoms with Crippen molar-refractivity contribution < 1.29 is 5.11 Å². The molecule has 0 aliphatic heterocycles. The van der Waals surface area contributed by atoms with Crippen molar-refractivity contribution in [1.29, 1.82) is 0 Å². The van der Waals surface area contributed by atoms with E-state index in [-0.39, 0.29) is 11.8 Å². The number of hydrogen-bond acceptors (Lipinski definition) is 2. The average Bonchev–Trinajstić information content (AvgIpc) is 2.40. The van der Waals surface area contributed by atoms with E-state index in [9.17, 15) is 5.11 Å². The van der Waals surface area contributed by atoms with Gasteiger partial charge in [-0.15, -0.1) is 0 Å². The van der Waals surface area contributed by atoms with Crippen molar-refractivity contribution in [1.82, 2.24) is 5.32 Å². The first-order valence-corrected chi connectivity index (χ1v) is 6.30. The van der Waals surface area contributed by atoms with Gasteiger partial charge in [-0.3, -0.25) is 0 Å². The topological polar surface area (TPSA) is 32.3 Å². The normalized spacial score (nSPS) is 12.3. The summed E-state index contributed by atoms with van der Waals surface area (Å²) in [6.07, 6.45) is 0. The standard InChI is InChI=1S/C15H16ClNO/c1-11(12-5-3-2-4-6-12)17-10-13-9-14(16)7-8-15(13)18/h2-9,11,17-18H,10H2,1H3. The maximum Gasteiger partial charge on any atom is 0.120 e. The van der Waals surface area contributed by atoms with Crippen LogP contribution in [-0.2, 0) is 6.54 Å². The summed E-state index contributed by atoms with van der Waals surface area (Å²) in [6.45, 7) is 2.68. The van der Waals surface area contributed by atoms with Gasteiger partial charge in [-0.25, -0.2) is 0 Å². The van der Waals surface area contributed by atoms with Crippen LogP contribution in [0.15, 0.2) is 48.5 Å². The van der Waals surface area contributed by atoms with E-state index in [1.54, 1.807) is 18.2 Å². The van der Waals surface area contributed by atoms with Crippen LogP contribution < -0.4 is 5.32 Å². The van der Waals surface area contributed by atoms with Crippen LogP contribution in [0.4, 0.5) is 0 Å². The molecule has 18 heavy (non-hydrogen) atoms. The molecule has 0 bridgehead atoms. The summed E-state index contributed by atoms with van der Waals surface area (Å²) >= 11 is 5.91. The van der Waals surface area contributed by atoms with Crippen LogP contribution in [0.3, 0.4) is 0 Å². The first kappa shape index (κ1) is 12.9. The molecule has 0 fully saturated rings. The minimum atomic E-state index is 0.226. The highest BCUT2D eigenvalue weighted by molar-refractivity contribution is 6.30. The van der Waals surface area contributed by atoms with Crippen LogP contribution in [0.5, 0.6) is 5.75 Å². The Morgan fingerprint density at radius 2 is 1.89 bits per heavy atom. The molecular weight excluding hydrogens is 246 g/mol. The van der Waals surface area contributed by atoms with Crippen molar-refractivity contribution in [3.05, 3.63) is 64.7 Å². The first-order chi connectivity index (χ1) is 8.66. The predicted molar refractivity (Wildman–Crippen MR) is 74.8 cm³/mol. The third-order valence-corrected chi connectivity index (χ3v) is 3.17. The lowest BCUT2D eigenvalue weighted by atomic mass is 10.1. The van der Waals surface area contributed by atoms with E-state index in [0.717, 1.165) is 5.56 Å². The lowest BCUT2D eigenvalue weighted by molar-refractivity contribution is 0.460. The molecule has 2 aromatic carbocycles. The van der Waals surface area contributed by atoms with Gasteiger partial charge in [0.15, 0.2) is 0 Å². The number of rotatable bonds is 4. The van der Waals surface area contributed by atoms with Crippen molar-refractivity contribution in [2.75, 3.05) is 0 Å². The largest absolute Gasteiger partial charge is 0.508 e. The summed E-state index contributed by atoms with van der Waals surface area (Å²) in [7, 11) is 0. The van der Waals surface area contributed by atoms with E-state index in [4.69, 9.17) is 11.6 Å². The zero-order chi connectivity index (χ0) is 13.0. The molecular formula is C15H16ClNO. The Morgan fingerprint density at radius 3 is 2.61 bits per heavy atom. The number of halogens is 1. The van der Waals surface area contributed by atoms with Gasteiger partial charge in [0.05, 0.1) is 0 Å². The van der Waals surface area contributed by atoms with Gasteiger partial charge in [-0.2, -0.15) is 0 Å². The van der Waals surface area contributed by atoms with Crippen LogP contribution in [0, 0.1) is 0 Å². The Morgan fingerprint density at radius 1 is 1.17 bits per heavy atom. The molecule has 1 unspecified atom stereocenters. The number of benzene rings is 2. The molecule has 0 amide bonds. The molecule has 2 nitrogen and oxygen atoms in total. The molecule has 94 valence electrons. The number of nitrogens with one attached hydrogen (secondary N) is 1. The predicted octanol–water partition coefficient (Wildman–Crippen LogP) is 3.90. The van der Waals surface area contributed by atoms with Gasteiger partial charge in [-0.1, -0.05) is 41.9 Å². The zero-order valence-electron chi connectivity index (χ0n) is 10.2. The van der Waals surface area contributed by atoms with Gasteiger partial charge in [-0.05, 0) is 30.7 Å².